The van der Waals surface area contributed by atoms with E-state index in [0.717, 1.165) is 6.54 Å². The highest BCUT2D eigenvalue weighted by atomic mass is 16.7. The molecule has 0 fully saturated rings. The van der Waals surface area contributed by atoms with Crippen molar-refractivity contribution < 1.29 is 4.84 Å². The molecule has 3 heteroatoms. The first kappa shape index (κ1) is 6.42. The van der Waals surface area contributed by atoms with E-state index in [1.54, 1.807) is 17.6 Å². The zero-order chi connectivity index (χ0) is 6.69. The molecule has 0 saturated heterocycles. The molecule has 1 atom stereocenters. The van der Waals surface area contributed by atoms with Gasteiger partial charge in [0.05, 0.1) is 12.7 Å². The Labute approximate surface area is 55.2 Å². The lowest BCUT2D eigenvalue weighted by Crippen LogP contribution is -2.31. The molecule has 1 aliphatic rings. The molecular formula is C6H11N2O. The van der Waals surface area contributed by atoms with Crippen LogP contribution >= 0.6 is 0 Å². The van der Waals surface area contributed by atoms with Gasteiger partial charge in [-0.2, -0.15) is 0 Å². The predicted octanol–water partition coefficient (Wildman–Crippen LogP) is 0.680. The van der Waals surface area contributed by atoms with Crippen LogP contribution < -0.4 is 5.43 Å². The first-order valence-corrected chi connectivity index (χ1v) is 2.97. The largest absolute Gasteiger partial charge is 0.393 e. The zero-order valence-corrected chi connectivity index (χ0v) is 5.50. The summed E-state index contributed by atoms with van der Waals surface area (Å²) in [4.78, 5) is 4.97. The van der Waals surface area contributed by atoms with Gasteiger partial charge in [-0.25, -0.2) is 0 Å². The number of hydrazine groups is 1. The van der Waals surface area contributed by atoms with Gasteiger partial charge in [0.1, 0.15) is 6.26 Å². The van der Waals surface area contributed by atoms with Gasteiger partial charge in [-0.3, -0.25) is 5.43 Å². The van der Waals surface area contributed by atoms with E-state index in [-0.39, 0.29) is 0 Å². The Morgan fingerprint density at radius 1 is 1.89 bits per heavy atom. The van der Waals surface area contributed by atoms with Crippen LogP contribution in [0.15, 0.2) is 12.5 Å². The van der Waals surface area contributed by atoms with Crippen LogP contribution in [0.1, 0.15) is 6.92 Å². The maximum atomic E-state index is 4.97. The van der Waals surface area contributed by atoms with Crippen molar-refractivity contribution in [3.63, 3.8) is 0 Å². The van der Waals surface area contributed by atoms with Crippen LogP contribution in [0, 0.1) is 12.8 Å². The summed E-state index contributed by atoms with van der Waals surface area (Å²) in [6.45, 7) is 6.64. The summed E-state index contributed by atoms with van der Waals surface area (Å²) in [5.74, 6) is 0.373. The maximum absolute atomic E-state index is 4.97. The van der Waals surface area contributed by atoms with E-state index < -0.39 is 0 Å². The van der Waals surface area contributed by atoms with Crippen molar-refractivity contribution in [1.82, 2.24) is 10.6 Å². The molecule has 0 saturated carbocycles. The van der Waals surface area contributed by atoms with Crippen LogP contribution in [0.2, 0.25) is 0 Å². The molecule has 1 unspecified atom stereocenters. The molecule has 0 aromatic carbocycles. The predicted molar refractivity (Wildman–Crippen MR) is 34.6 cm³/mol. The van der Waals surface area contributed by atoms with Gasteiger partial charge in [0.25, 0.3) is 0 Å². The second-order valence-corrected chi connectivity index (χ2v) is 2.20. The van der Waals surface area contributed by atoms with Gasteiger partial charge in [-0.15, -0.1) is 0 Å². The molecule has 0 spiro atoms. The van der Waals surface area contributed by atoms with Gasteiger partial charge >= 0.3 is 0 Å². The van der Waals surface area contributed by atoms with E-state index in [0.29, 0.717) is 5.92 Å². The topological polar surface area (TPSA) is 24.5 Å². The summed E-state index contributed by atoms with van der Waals surface area (Å²) in [6, 6.07) is 0. The fraction of sp³-hybridized carbons (Fsp3) is 0.500. The molecule has 3 nitrogen and oxygen atoms in total. The highest BCUT2D eigenvalue weighted by molar-refractivity contribution is 4.73. The number of nitrogens with zero attached hydrogens (tertiary/aromatic N) is 1. The molecule has 0 aromatic rings. The molecule has 51 valence electrons. The second-order valence-electron chi connectivity index (χ2n) is 2.20. The molecule has 1 rings (SSSR count). The lowest BCUT2D eigenvalue weighted by Gasteiger charge is -2.15. The van der Waals surface area contributed by atoms with E-state index in [1.807, 2.05) is 6.92 Å². The quantitative estimate of drug-likeness (QED) is 0.590. The highest BCUT2D eigenvalue weighted by Crippen LogP contribution is 1.99. The molecular weight excluding hydrogens is 116 g/mol. The molecule has 9 heavy (non-hydrogen) atoms. The molecule has 0 aromatic heterocycles. The first-order chi connectivity index (χ1) is 4.29. The number of hydrogen-bond donors (Lipinski definition) is 1. The Bertz CT molecular complexity index is 104. The van der Waals surface area contributed by atoms with E-state index in [4.69, 9.17) is 4.84 Å². The van der Waals surface area contributed by atoms with E-state index >= 15 is 0 Å². The number of rotatable bonds is 2. The average molecular weight is 127 g/mol. The van der Waals surface area contributed by atoms with Crippen molar-refractivity contribution in [3.05, 3.63) is 19.4 Å². The molecule has 1 radical (unpaired) electrons. The first-order valence-electron chi connectivity index (χ1n) is 2.97. The number of nitrogens with one attached hydrogen (secondary N) is 1. The Balaban J connectivity index is 2.14. The SMILES string of the molecule is [CH2]C(C)CN1NC=CO1. The summed E-state index contributed by atoms with van der Waals surface area (Å²) in [6.07, 6.45) is 3.34. The van der Waals surface area contributed by atoms with Crippen molar-refractivity contribution in [3.8, 4) is 0 Å². The third-order valence-corrected chi connectivity index (χ3v) is 0.952. The van der Waals surface area contributed by atoms with Crippen LogP contribution in [-0.2, 0) is 4.84 Å². The molecule has 0 amide bonds. The molecule has 1 aliphatic heterocycles. The minimum Gasteiger partial charge on any atom is -0.393 e. The van der Waals surface area contributed by atoms with Gasteiger partial charge in [0.2, 0.25) is 0 Å². The molecule has 0 bridgehead atoms. The third kappa shape index (κ3) is 1.93. The van der Waals surface area contributed by atoms with Gasteiger partial charge in [-0.05, 0) is 12.8 Å². The van der Waals surface area contributed by atoms with Gasteiger partial charge < -0.3 is 4.84 Å². The second kappa shape index (κ2) is 2.73. The monoisotopic (exact) mass is 127 g/mol. The van der Waals surface area contributed by atoms with Crippen LogP contribution in [0.4, 0.5) is 0 Å². The van der Waals surface area contributed by atoms with E-state index in [2.05, 4.69) is 12.3 Å². The van der Waals surface area contributed by atoms with Crippen molar-refractivity contribution in [1.29, 1.82) is 0 Å². The Morgan fingerprint density at radius 2 is 2.67 bits per heavy atom. The van der Waals surface area contributed by atoms with Gasteiger partial charge in [-0.1, -0.05) is 12.1 Å². The Kier molecular flexibility index (Phi) is 1.95. The highest BCUT2D eigenvalue weighted by Gasteiger charge is 2.07. The summed E-state index contributed by atoms with van der Waals surface area (Å²) in [5, 5.41) is 1.64. The van der Waals surface area contributed by atoms with Crippen LogP contribution in [-0.4, -0.2) is 11.7 Å². The van der Waals surface area contributed by atoms with Crippen LogP contribution in [0.5, 0.6) is 0 Å². The van der Waals surface area contributed by atoms with Gasteiger partial charge in [0.15, 0.2) is 0 Å². The summed E-state index contributed by atoms with van der Waals surface area (Å²) in [7, 11) is 0. The molecule has 0 aliphatic carbocycles. The summed E-state index contributed by atoms with van der Waals surface area (Å²) >= 11 is 0. The maximum Gasteiger partial charge on any atom is 0.131 e. The summed E-state index contributed by atoms with van der Waals surface area (Å²) < 4.78 is 0. The minimum atomic E-state index is 0.373. The fourth-order valence-electron chi connectivity index (χ4n) is 0.627. The fourth-order valence-corrected chi connectivity index (χ4v) is 0.627. The van der Waals surface area contributed by atoms with E-state index in [9.17, 15) is 0 Å². The lowest BCUT2D eigenvalue weighted by molar-refractivity contribution is -0.118. The molecule has 1 N–H and O–H groups in total. The van der Waals surface area contributed by atoms with Crippen molar-refractivity contribution in [2.75, 3.05) is 6.54 Å². The smallest absolute Gasteiger partial charge is 0.131 e. The molecule has 1 heterocycles. The van der Waals surface area contributed by atoms with Gasteiger partial charge in [0, 0.05) is 0 Å². The average Bonchev–Trinajstić information content (AvgIpc) is 2.15. The van der Waals surface area contributed by atoms with Crippen molar-refractivity contribution in [2.45, 2.75) is 6.92 Å². The zero-order valence-electron chi connectivity index (χ0n) is 5.50. The van der Waals surface area contributed by atoms with Crippen molar-refractivity contribution >= 4 is 0 Å². The van der Waals surface area contributed by atoms with Crippen LogP contribution in [0.3, 0.4) is 0 Å². The van der Waals surface area contributed by atoms with Crippen molar-refractivity contribution in [2.24, 2.45) is 5.92 Å². The lowest BCUT2D eigenvalue weighted by atomic mass is 10.2. The Hall–Kier alpha value is -0.700. The number of hydrogen-bond acceptors (Lipinski definition) is 3. The third-order valence-electron chi connectivity index (χ3n) is 0.952. The standard InChI is InChI=1S/C6H11N2O/c1-6(2)5-8-7-3-4-9-8/h3-4,6-7H,1,5H2,2H3. The number of hydroxylamine groups is 1. The minimum absolute atomic E-state index is 0.373. The normalized spacial score (nSPS) is 18.1. The Morgan fingerprint density at radius 3 is 3.11 bits per heavy atom. The van der Waals surface area contributed by atoms with Crippen LogP contribution in [0.25, 0.3) is 0 Å². The van der Waals surface area contributed by atoms with E-state index in [1.165, 1.54) is 0 Å². The summed E-state index contributed by atoms with van der Waals surface area (Å²) in [5.41, 5.74) is 2.88.